The Morgan fingerprint density at radius 2 is 1.62 bits per heavy atom. The maximum atomic E-state index is 13.1. The highest BCUT2D eigenvalue weighted by atomic mass is 35.5. The summed E-state index contributed by atoms with van der Waals surface area (Å²) in [5.41, 5.74) is 2.53. The van der Waals surface area contributed by atoms with Crippen molar-refractivity contribution < 1.29 is 19.5 Å². The second-order valence-electron chi connectivity index (χ2n) is 8.38. The lowest BCUT2D eigenvalue weighted by atomic mass is 9.98. The van der Waals surface area contributed by atoms with Crippen LogP contribution >= 0.6 is 34.7 Å². The molecule has 0 spiro atoms. The third-order valence-electron chi connectivity index (χ3n) is 5.73. The monoisotopic (exact) mass is 573 g/mol. The predicted octanol–water partition coefficient (Wildman–Crippen LogP) is 7.30. The minimum atomic E-state index is -1.10. The van der Waals surface area contributed by atoms with E-state index in [1.807, 2.05) is 23.6 Å². The van der Waals surface area contributed by atoms with E-state index in [1.165, 1.54) is 29.2 Å². The number of aromatic carboxylic acids is 1. The molecule has 0 aliphatic rings. The maximum Gasteiger partial charge on any atom is 0.336 e. The lowest BCUT2D eigenvalue weighted by molar-refractivity contribution is -0.113. The normalized spacial score (nSPS) is 10.8. The number of carboxylic acids is 1. The summed E-state index contributed by atoms with van der Waals surface area (Å²) >= 11 is 8.60. The standard InChI is InChI=1S/C29H20ClN3O4S2/c30-19-12-10-17(11-13-19)24-15-39-29(32-24)33-25(34)16-38-21-7-3-6-20(14-21)31-27(35)22-8-1-4-18-5-2-9-23(26(18)22)28(36)37/h1-15H,16H2,(H,31,35)(H,36,37)(H,32,33,34). The van der Waals surface area contributed by atoms with Crippen LogP contribution in [0, 0.1) is 0 Å². The van der Waals surface area contributed by atoms with E-state index in [-0.39, 0.29) is 22.8 Å². The molecule has 0 saturated heterocycles. The average molecular weight is 574 g/mol. The van der Waals surface area contributed by atoms with E-state index in [9.17, 15) is 19.5 Å². The number of carboxylic acid groups (broad SMARTS) is 1. The molecule has 10 heteroatoms. The van der Waals surface area contributed by atoms with Gasteiger partial charge >= 0.3 is 5.97 Å². The quantitative estimate of drug-likeness (QED) is 0.168. The van der Waals surface area contributed by atoms with E-state index in [2.05, 4.69) is 15.6 Å². The average Bonchev–Trinajstić information content (AvgIpc) is 3.40. The molecular weight excluding hydrogens is 554 g/mol. The van der Waals surface area contributed by atoms with Crippen LogP contribution in [-0.4, -0.2) is 33.6 Å². The summed E-state index contributed by atoms with van der Waals surface area (Å²) in [7, 11) is 0. The zero-order valence-corrected chi connectivity index (χ0v) is 22.6. The topological polar surface area (TPSA) is 108 Å². The van der Waals surface area contributed by atoms with Gasteiger partial charge in [-0.25, -0.2) is 9.78 Å². The first kappa shape index (κ1) is 26.4. The Hall–Kier alpha value is -4.18. The summed E-state index contributed by atoms with van der Waals surface area (Å²) in [6, 6.07) is 24.4. The number of fused-ring (bicyclic) bond motifs is 1. The number of benzene rings is 4. The van der Waals surface area contributed by atoms with Crippen molar-refractivity contribution >= 4 is 74.1 Å². The van der Waals surface area contributed by atoms with Crippen molar-refractivity contribution in [2.75, 3.05) is 16.4 Å². The minimum Gasteiger partial charge on any atom is -0.478 e. The van der Waals surface area contributed by atoms with Crippen LogP contribution in [0.3, 0.4) is 0 Å². The molecular formula is C29H20ClN3O4S2. The van der Waals surface area contributed by atoms with Gasteiger partial charge in [-0.3, -0.25) is 9.59 Å². The molecule has 1 heterocycles. The molecule has 4 aromatic carbocycles. The minimum absolute atomic E-state index is 0.0640. The molecule has 7 nitrogen and oxygen atoms in total. The van der Waals surface area contributed by atoms with Gasteiger partial charge in [0.2, 0.25) is 5.91 Å². The molecule has 0 aliphatic heterocycles. The smallest absolute Gasteiger partial charge is 0.336 e. The fourth-order valence-corrected chi connectivity index (χ4v) is 5.58. The van der Waals surface area contributed by atoms with Crippen LogP contribution in [0.25, 0.3) is 22.0 Å². The van der Waals surface area contributed by atoms with Gasteiger partial charge in [0, 0.05) is 37.5 Å². The largest absolute Gasteiger partial charge is 0.478 e. The van der Waals surface area contributed by atoms with Gasteiger partial charge in [-0.1, -0.05) is 54.1 Å². The summed E-state index contributed by atoms with van der Waals surface area (Å²) in [4.78, 5) is 42.6. The van der Waals surface area contributed by atoms with E-state index < -0.39 is 11.9 Å². The highest BCUT2D eigenvalue weighted by Crippen LogP contribution is 2.28. The van der Waals surface area contributed by atoms with Gasteiger partial charge in [-0.05, 0) is 47.9 Å². The molecule has 5 aromatic rings. The van der Waals surface area contributed by atoms with Gasteiger partial charge in [0.15, 0.2) is 5.13 Å². The zero-order valence-electron chi connectivity index (χ0n) is 20.2. The number of thiazole rings is 1. The van der Waals surface area contributed by atoms with Crippen LogP contribution in [0.15, 0.2) is 95.2 Å². The number of hydrogen-bond acceptors (Lipinski definition) is 6. The van der Waals surface area contributed by atoms with Crippen molar-refractivity contribution in [2.45, 2.75) is 4.90 Å². The summed E-state index contributed by atoms with van der Waals surface area (Å²) in [5, 5.41) is 19.3. The molecule has 3 N–H and O–H groups in total. The highest BCUT2D eigenvalue weighted by Gasteiger charge is 2.17. The highest BCUT2D eigenvalue weighted by molar-refractivity contribution is 8.00. The SMILES string of the molecule is O=C(CSc1cccc(NC(=O)c2cccc3cccc(C(=O)O)c23)c1)Nc1nc(-c2ccc(Cl)cc2)cs1. The molecule has 0 saturated carbocycles. The lowest BCUT2D eigenvalue weighted by Crippen LogP contribution is -2.14. The number of halogens is 1. The molecule has 39 heavy (non-hydrogen) atoms. The number of amides is 2. The molecule has 5 rings (SSSR count). The van der Waals surface area contributed by atoms with Gasteiger partial charge < -0.3 is 15.7 Å². The fraction of sp³-hybridized carbons (Fsp3) is 0.0345. The Morgan fingerprint density at radius 1 is 0.897 bits per heavy atom. The zero-order chi connectivity index (χ0) is 27.4. The molecule has 194 valence electrons. The van der Waals surface area contributed by atoms with Crippen LogP contribution in [0.2, 0.25) is 5.02 Å². The van der Waals surface area contributed by atoms with Gasteiger partial charge in [0.05, 0.1) is 17.0 Å². The Morgan fingerprint density at radius 3 is 2.36 bits per heavy atom. The summed E-state index contributed by atoms with van der Waals surface area (Å²) < 4.78 is 0. The predicted molar refractivity (Wildman–Crippen MR) is 157 cm³/mol. The molecule has 0 atom stereocenters. The van der Waals surface area contributed by atoms with Crippen molar-refractivity contribution in [3.63, 3.8) is 0 Å². The van der Waals surface area contributed by atoms with E-state index in [1.54, 1.807) is 60.7 Å². The van der Waals surface area contributed by atoms with Crippen LogP contribution in [0.4, 0.5) is 10.8 Å². The van der Waals surface area contributed by atoms with Crippen LogP contribution in [-0.2, 0) is 4.79 Å². The number of thioether (sulfide) groups is 1. The number of anilines is 2. The first-order valence-electron chi connectivity index (χ1n) is 11.7. The lowest BCUT2D eigenvalue weighted by Gasteiger charge is -2.11. The van der Waals surface area contributed by atoms with Gasteiger partial charge in [0.25, 0.3) is 5.91 Å². The fourth-order valence-electron chi connectivity index (χ4n) is 3.96. The van der Waals surface area contributed by atoms with Crippen LogP contribution in [0.1, 0.15) is 20.7 Å². The second kappa shape index (κ2) is 11.7. The number of hydrogen-bond donors (Lipinski definition) is 3. The number of carbonyl (C=O) groups is 3. The molecule has 1 aromatic heterocycles. The Balaban J connectivity index is 1.22. The van der Waals surface area contributed by atoms with Crippen LogP contribution < -0.4 is 10.6 Å². The third kappa shape index (κ3) is 6.28. The van der Waals surface area contributed by atoms with Crippen molar-refractivity contribution in [3.05, 3.63) is 106 Å². The van der Waals surface area contributed by atoms with Gasteiger partial charge in [0.1, 0.15) is 0 Å². The molecule has 2 amide bonds. The number of aromatic nitrogens is 1. The van der Waals surface area contributed by atoms with Crippen molar-refractivity contribution in [1.29, 1.82) is 0 Å². The first-order chi connectivity index (χ1) is 18.9. The Bertz CT molecular complexity index is 1700. The summed E-state index contributed by atoms with van der Waals surface area (Å²) in [6.45, 7) is 0. The second-order valence-corrected chi connectivity index (χ2v) is 10.7. The number of carbonyl (C=O) groups excluding carboxylic acids is 2. The van der Waals surface area contributed by atoms with E-state index in [4.69, 9.17) is 11.6 Å². The van der Waals surface area contributed by atoms with Crippen molar-refractivity contribution in [1.82, 2.24) is 4.98 Å². The van der Waals surface area contributed by atoms with Crippen LogP contribution in [0.5, 0.6) is 0 Å². The Kier molecular flexibility index (Phi) is 7.92. The number of nitrogens with zero attached hydrogens (tertiary/aromatic N) is 1. The van der Waals surface area contributed by atoms with Crippen molar-refractivity contribution in [2.24, 2.45) is 0 Å². The summed E-state index contributed by atoms with van der Waals surface area (Å²) in [6.07, 6.45) is 0. The van der Waals surface area contributed by atoms with E-state index >= 15 is 0 Å². The molecule has 0 radical (unpaired) electrons. The first-order valence-corrected chi connectivity index (χ1v) is 13.9. The molecule has 0 unspecified atom stereocenters. The third-order valence-corrected chi connectivity index (χ3v) is 7.74. The van der Waals surface area contributed by atoms with E-state index in [0.29, 0.717) is 26.6 Å². The van der Waals surface area contributed by atoms with Gasteiger partial charge in [-0.15, -0.1) is 23.1 Å². The Labute approximate surface area is 236 Å². The number of rotatable bonds is 8. The van der Waals surface area contributed by atoms with Crippen molar-refractivity contribution in [3.8, 4) is 11.3 Å². The molecule has 0 fully saturated rings. The molecule has 0 aliphatic carbocycles. The number of nitrogens with one attached hydrogen (secondary N) is 2. The van der Waals surface area contributed by atoms with Gasteiger partial charge in [-0.2, -0.15) is 0 Å². The molecule has 0 bridgehead atoms. The maximum absolute atomic E-state index is 13.1. The van der Waals surface area contributed by atoms with E-state index in [0.717, 1.165) is 16.2 Å². The summed E-state index contributed by atoms with van der Waals surface area (Å²) in [5.74, 6) is -1.58.